The number of H-pyrrole nitrogens is 2. The molecule has 1 aliphatic rings. The zero-order valence-corrected chi connectivity index (χ0v) is 20.7. The van der Waals surface area contributed by atoms with Gasteiger partial charge in [0.1, 0.15) is 11.7 Å². The molecule has 0 saturated carbocycles. The van der Waals surface area contributed by atoms with Crippen LogP contribution in [-0.4, -0.2) is 48.3 Å². The van der Waals surface area contributed by atoms with E-state index in [0.29, 0.717) is 0 Å². The molecular formula is C30H30N6. The van der Waals surface area contributed by atoms with Gasteiger partial charge in [0.25, 0.3) is 0 Å². The lowest BCUT2D eigenvalue weighted by atomic mass is 10.0. The first-order chi connectivity index (χ1) is 17.7. The number of aromatic amines is 2. The highest BCUT2D eigenvalue weighted by molar-refractivity contribution is 6.04. The molecule has 5 aromatic rings. The van der Waals surface area contributed by atoms with Gasteiger partial charge in [-0.1, -0.05) is 48.5 Å². The number of amidine groups is 2. The molecule has 4 N–H and O–H groups in total. The Morgan fingerprint density at radius 1 is 0.944 bits per heavy atom. The van der Waals surface area contributed by atoms with Crippen LogP contribution < -0.4 is 10.6 Å². The fourth-order valence-electron chi connectivity index (χ4n) is 4.98. The number of aromatic nitrogens is 2. The summed E-state index contributed by atoms with van der Waals surface area (Å²) in [7, 11) is 1.82. The summed E-state index contributed by atoms with van der Waals surface area (Å²) >= 11 is 0. The Kier molecular flexibility index (Phi) is 5.77. The molecular weight excluding hydrogens is 444 g/mol. The Labute approximate surface area is 210 Å². The molecule has 6 heteroatoms. The van der Waals surface area contributed by atoms with E-state index in [1.807, 2.05) is 7.05 Å². The minimum atomic E-state index is 0.844. The lowest BCUT2D eigenvalue weighted by Crippen LogP contribution is -2.30. The molecule has 0 aliphatic carbocycles. The van der Waals surface area contributed by atoms with Crippen molar-refractivity contribution in [1.82, 2.24) is 20.6 Å². The molecule has 0 atom stereocenters. The predicted octanol–water partition coefficient (Wildman–Crippen LogP) is 5.71. The topological polar surface area (TPSA) is 80.4 Å². The van der Waals surface area contributed by atoms with Crippen molar-refractivity contribution in [1.29, 1.82) is 0 Å². The second-order valence-corrected chi connectivity index (χ2v) is 9.14. The number of hydrogen-bond acceptors (Lipinski definition) is 3. The fraction of sp³-hybridized carbons (Fsp3) is 0.200. The number of benzene rings is 3. The molecule has 3 aromatic carbocycles. The van der Waals surface area contributed by atoms with Crippen LogP contribution >= 0.6 is 0 Å². The summed E-state index contributed by atoms with van der Waals surface area (Å²) in [5, 5.41) is 9.15. The van der Waals surface area contributed by atoms with Crippen molar-refractivity contribution in [2.75, 3.05) is 26.7 Å². The van der Waals surface area contributed by atoms with E-state index >= 15 is 0 Å². The van der Waals surface area contributed by atoms with Crippen LogP contribution in [0.1, 0.15) is 24.5 Å². The number of fused-ring (bicyclic) bond motifs is 2. The van der Waals surface area contributed by atoms with E-state index in [-0.39, 0.29) is 0 Å². The summed E-state index contributed by atoms with van der Waals surface area (Å²) in [5.74, 6) is 1.91. The van der Waals surface area contributed by atoms with Crippen LogP contribution in [-0.2, 0) is 0 Å². The third-order valence-electron chi connectivity index (χ3n) is 6.82. The molecule has 2 aromatic heterocycles. The maximum atomic E-state index is 4.63. The summed E-state index contributed by atoms with van der Waals surface area (Å²) in [5.41, 5.74) is 9.12. The molecule has 0 bridgehead atoms. The molecule has 6 nitrogen and oxygen atoms in total. The van der Waals surface area contributed by atoms with Gasteiger partial charge >= 0.3 is 0 Å². The molecule has 0 unspecified atom stereocenters. The van der Waals surface area contributed by atoms with Gasteiger partial charge in [0, 0.05) is 77.1 Å². The number of hydrogen-bond donors (Lipinski definition) is 4. The van der Waals surface area contributed by atoms with Crippen molar-refractivity contribution >= 4 is 33.5 Å². The molecule has 0 spiro atoms. The summed E-state index contributed by atoms with van der Waals surface area (Å²) in [6.07, 6.45) is 3.19. The molecule has 6 rings (SSSR count). The molecule has 180 valence electrons. The SMILES string of the molecule is CCN/C(=N\C)c1ccc2cc(-c3ccc(-c4c[nH]c5cc(C6=NCCCN6)ccc45)cc3)[nH]c2c1. The van der Waals surface area contributed by atoms with Crippen LogP contribution in [0.5, 0.6) is 0 Å². The van der Waals surface area contributed by atoms with E-state index in [0.717, 1.165) is 71.1 Å². The van der Waals surface area contributed by atoms with E-state index in [1.54, 1.807) is 0 Å². The summed E-state index contributed by atoms with van der Waals surface area (Å²) in [4.78, 5) is 16.1. The van der Waals surface area contributed by atoms with Crippen molar-refractivity contribution in [3.8, 4) is 22.4 Å². The third kappa shape index (κ3) is 4.05. The smallest absolute Gasteiger partial charge is 0.128 e. The van der Waals surface area contributed by atoms with Crippen molar-refractivity contribution in [3.63, 3.8) is 0 Å². The minimum Gasteiger partial charge on any atom is -0.370 e. The zero-order valence-electron chi connectivity index (χ0n) is 20.7. The quantitative estimate of drug-likeness (QED) is 0.194. The highest BCUT2D eigenvalue weighted by atomic mass is 15.0. The van der Waals surface area contributed by atoms with Crippen LogP contribution in [0.25, 0.3) is 44.2 Å². The second kappa shape index (κ2) is 9.38. The Bertz CT molecular complexity index is 1600. The molecule has 0 saturated heterocycles. The average Bonchev–Trinajstić information content (AvgIpc) is 3.56. The minimum absolute atomic E-state index is 0.844. The number of nitrogens with zero attached hydrogens (tertiary/aromatic N) is 2. The Hall–Kier alpha value is -4.32. The zero-order chi connectivity index (χ0) is 24.5. The van der Waals surface area contributed by atoms with Gasteiger partial charge in [-0.25, -0.2) is 0 Å². The summed E-state index contributed by atoms with van der Waals surface area (Å²) < 4.78 is 0. The van der Waals surface area contributed by atoms with E-state index < -0.39 is 0 Å². The van der Waals surface area contributed by atoms with Gasteiger partial charge in [0.05, 0.1) is 0 Å². The van der Waals surface area contributed by atoms with Crippen molar-refractivity contribution in [2.24, 2.45) is 9.98 Å². The largest absolute Gasteiger partial charge is 0.370 e. The van der Waals surface area contributed by atoms with E-state index in [9.17, 15) is 0 Å². The van der Waals surface area contributed by atoms with Crippen LogP contribution in [0, 0.1) is 0 Å². The standard InChI is InChI=1S/C30H30N6/c1-3-32-29(31-2)22-10-9-21-15-26(36-27(21)16-22)20-7-5-19(6-8-20)25-18-35-28-17-23(11-12-24(25)28)30-33-13-4-14-34-30/h5-12,15-18,35-36H,3-4,13-14H2,1-2H3,(H,31,32)(H,33,34). The molecule has 0 amide bonds. The second-order valence-electron chi connectivity index (χ2n) is 9.14. The van der Waals surface area contributed by atoms with Crippen LogP contribution in [0.2, 0.25) is 0 Å². The predicted molar refractivity (Wildman–Crippen MR) is 151 cm³/mol. The van der Waals surface area contributed by atoms with E-state index in [2.05, 4.69) is 110 Å². The monoisotopic (exact) mass is 474 g/mol. The van der Waals surface area contributed by atoms with Crippen LogP contribution in [0.4, 0.5) is 0 Å². The van der Waals surface area contributed by atoms with Gasteiger partial charge in [-0.15, -0.1) is 0 Å². The Morgan fingerprint density at radius 2 is 1.78 bits per heavy atom. The fourth-order valence-corrected chi connectivity index (χ4v) is 4.98. The number of nitrogens with one attached hydrogen (secondary N) is 4. The highest BCUT2D eigenvalue weighted by Gasteiger charge is 2.12. The van der Waals surface area contributed by atoms with Crippen molar-refractivity contribution in [3.05, 3.63) is 84.1 Å². The molecule has 0 radical (unpaired) electrons. The van der Waals surface area contributed by atoms with Gasteiger partial charge in [-0.05, 0) is 42.7 Å². The normalized spacial score (nSPS) is 14.2. The summed E-state index contributed by atoms with van der Waals surface area (Å²) in [6, 6.07) is 23.9. The molecule has 0 fully saturated rings. The van der Waals surface area contributed by atoms with E-state index in [1.165, 1.54) is 21.9 Å². The first-order valence-corrected chi connectivity index (χ1v) is 12.6. The maximum absolute atomic E-state index is 4.63. The molecule has 36 heavy (non-hydrogen) atoms. The molecule has 3 heterocycles. The first kappa shape index (κ1) is 22.2. The molecule has 1 aliphatic heterocycles. The number of rotatable bonds is 5. The third-order valence-corrected chi connectivity index (χ3v) is 6.82. The van der Waals surface area contributed by atoms with Crippen molar-refractivity contribution in [2.45, 2.75) is 13.3 Å². The van der Waals surface area contributed by atoms with Gasteiger partial charge in [0.15, 0.2) is 0 Å². The average molecular weight is 475 g/mol. The van der Waals surface area contributed by atoms with Gasteiger partial charge in [0.2, 0.25) is 0 Å². The van der Waals surface area contributed by atoms with Gasteiger partial charge < -0.3 is 20.6 Å². The van der Waals surface area contributed by atoms with Gasteiger partial charge in [-0.2, -0.15) is 0 Å². The lowest BCUT2D eigenvalue weighted by molar-refractivity contribution is 0.742. The number of aliphatic imine (C=N–C) groups is 2. The Balaban J connectivity index is 1.28. The highest BCUT2D eigenvalue weighted by Crippen LogP contribution is 2.32. The maximum Gasteiger partial charge on any atom is 0.128 e. The summed E-state index contributed by atoms with van der Waals surface area (Å²) in [6.45, 7) is 4.81. The van der Waals surface area contributed by atoms with Crippen LogP contribution in [0.3, 0.4) is 0 Å². The van der Waals surface area contributed by atoms with Gasteiger partial charge in [-0.3, -0.25) is 9.98 Å². The lowest BCUT2D eigenvalue weighted by Gasteiger charge is -2.14. The van der Waals surface area contributed by atoms with Crippen LogP contribution in [0.15, 0.2) is 82.9 Å². The van der Waals surface area contributed by atoms with Crippen molar-refractivity contribution < 1.29 is 0 Å². The van der Waals surface area contributed by atoms with E-state index in [4.69, 9.17) is 0 Å². The Morgan fingerprint density at radius 3 is 2.56 bits per heavy atom. The first-order valence-electron chi connectivity index (χ1n) is 12.6.